The van der Waals surface area contributed by atoms with Crippen LogP contribution in [0.5, 0.6) is 0 Å². The number of ether oxygens (including phenoxy) is 1. The third kappa shape index (κ3) is 2.97. The first-order valence-electron chi connectivity index (χ1n) is 6.52. The van der Waals surface area contributed by atoms with Gasteiger partial charge in [0.2, 0.25) is 5.91 Å². The zero-order valence-corrected chi connectivity index (χ0v) is 10.8. The van der Waals surface area contributed by atoms with E-state index in [1.54, 1.807) is 0 Å². The van der Waals surface area contributed by atoms with Crippen LogP contribution in [0, 0.1) is 0 Å². The maximum absolute atomic E-state index is 12.3. The highest BCUT2D eigenvalue weighted by molar-refractivity contribution is 5.82. The third-order valence-electron chi connectivity index (χ3n) is 3.78. The highest BCUT2D eigenvalue weighted by Crippen LogP contribution is 2.12. The average molecular weight is 241 g/mol. The van der Waals surface area contributed by atoms with Crippen molar-refractivity contribution >= 4 is 5.91 Å². The molecule has 0 spiro atoms. The molecule has 2 rings (SSSR count). The van der Waals surface area contributed by atoms with Crippen molar-refractivity contribution in [2.75, 3.05) is 46.4 Å². The molecule has 0 bridgehead atoms. The van der Waals surface area contributed by atoms with Crippen molar-refractivity contribution in [1.29, 1.82) is 0 Å². The highest BCUT2D eigenvalue weighted by Gasteiger charge is 2.31. The van der Waals surface area contributed by atoms with E-state index in [0.717, 1.165) is 32.6 Å². The monoisotopic (exact) mass is 241 g/mol. The van der Waals surface area contributed by atoms with Gasteiger partial charge in [0.25, 0.3) is 0 Å². The molecular weight excluding hydrogens is 218 g/mol. The van der Waals surface area contributed by atoms with Crippen LogP contribution in [0.1, 0.15) is 13.3 Å². The van der Waals surface area contributed by atoms with Gasteiger partial charge >= 0.3 is 0 Å². The Hall–Kier alpha value is -0.650. The second-order valence-corrected chi connectivity index (χ2v) is 4.91. The minimum atomic E-state index is -0.135. The average Bonchev–Trinajstić information content (AvgIpc) is 2.39. The van der Waals surface area contributed by atoms with Gasteiger partial charge in [0, 0.05) is 32.2 Å². The van der Waals surface area contributed by atoms with Gasteiger partial charge in [-0.2, -0.15) is 0 Å². The molecule has 1 N–H and O–H groups in total. The second kappa shape index (κ2) is 5.80. The lowest BCUT2D eigenvalue weighted by atomic mass is 10.1. The number of amides is 1. The van der Waals surface area contributed by atoms with Gasteiger partial charge in [0.15, 0.2) is 0 Å². The molecule has 2 aliphatic heterocycles. The number of rotatable bonds is 2. The fourth-order valence-corrected chi connectivity index (χ4v) is 2.53. The summed E-state index contributed by atoms with van der Waals surface area (Å²) in [5, 5.41) is 3.23. The second-order valence-electron chi connectivity index (χ2n) is 4.91. The van der Waals surface area contributed by atoms with E-state index in [1.165, 1.54) is 0 Å². The predicted molar refractivity (Wildman–Crippen MR) is 65.9 cm³/mol. The number of nitrogens with zero attached hydrogens (tertiary/aromatic N) is 2. The van der Waals surface area contributed by atoms with Crippen LogP contribution in [0.3, 0.4) is 0 Å². The molecule has 2 unspecified atom stereocenters. The fraction of sp³-hybridized carbons (Fsp3) is 0.917. The van der Waals surface area contributed by atoms with E-state index in [0.29, 0.717) is 19.3 Å². The summed E-state index contributed by atoms with van der Waals surface area (Å²) in [5.41, 5.74) is 0. The molecule has 98 valence electrons. The molecular formula is C12H23N3O2. The van der Waals surface area contributed by atoms with Crippen molar-refractivity contribution in [3.05, 3.63) is 0 Å². The lowest BCUT2D eigenvalue weighted by Gasteiger charge is -2.40. The van der Waals surface area contributed by atoms with Gasteiger partial charge in [-0.05, 0) is 13.5 Å². The van der Waals surface area contributed by atoms with Crippen LogP contribution in [0.4, 0.5) is 0 Å². The van der Waals surface area contributed by atoms with E-state index in [9.17, 15) is 4.79 Å². The van der Waals surface area contributed by atoms with Crippen molar-refractivity contribution in [3.8, 4) is 0 Å². The van der Waals surface area contributed by atoms with Crippen LogP contribution in [0.25, 0.3) is 0 Å². The Morgan fingerprint density at radius 3 is 2.94 bits per heavy atom. The summed E-state index contributed by atoms with van der Waals surface area (Å²) in [6, 6.07) is 0.363. The molecule has 2 saturated heterocycles. The summed E-state index contributed by atoms with van der Waals surface area (Å²) in [4.78, 5) is 16.6. The van der Waals surface area contributed by atoms with Crippen LogP contribution >= 0.6 is 0 Å². The Kier molecular flexibility index (Phi) is 4.36. The lowest BCUT2D eigenvalue weighted by molar-refractivity contribution is -0.139. The van der Waals surface area contributed by atoms with Crippen LogP contribution in [0.15, 0.2) is 0 Å². The topological polar surface area (TPSA) is 44.8 Å². The molecule has 2 atom stereocenters. The third-order valence-corrected chi connectivity index (χ3v) is 3.78. The first kappa shape index (κ1) is 12.8. The normalized spacial score (nSPS) is 31.5. The number of nitrogens with one attached hydrogen (secondary N) is 1. The van der Waals surface area contributed by atoms with Crippen LogP contribution < -0.4 is 5.32 Å². The molecule has 2 heterocycles. The molecule has 0 radical (unpaired) electrons. The van der Waals surface area contributed by atoms with Gasteiger partial charge in [-0.25, -0.2) is 0 Å². The van der Waals surface area contributed by atoms with Gasteiger partial charge < -0.3 is 15.0 Å². The van der Waals surface area contributed by atoms with Crippen molar-refractivity contribution in [2.24, 2.45) is 0 Å². The fourth-order valence-electron chi connectivity index (χ4n) is 2.53. The van der Waals surface area contributed by atoms with Crippen molar-refractivity contribution in [2.45, 2.75) is 25.4 Å². The van der Waals surface area contributed by atoms with E-state index in [1.807, 2.05) is 4.90 Å². The maximum atomic E-state index is 12.3. The molecule has 0 aromatic rings. The molecule has 0 aliphatic carbocycles. The zero-order valence-electron chi connectivity index (χ0n) is 10.8. The first-order valence-corrected chi connectivity index (χ1v) is 6.52. The smallest absolute Gasteiger partial charge is 0.242 e. The summed E-state index contributed by atoms with van der Waals surface area (Å²) in [6.45, 7) is 6.84. The Labute approximate surface area is 103 Å². The highest BCUT2D eigenvalue weighted by atomic mass is 16.5. The van der Waals surface area contributed by atoms with E-state index in [2.05, 4.69) is 24.2 Å². The molecule has 2 fully saturated rings. The van der Waals surface area contributed by atoms with Crippen LogP contribution in [-0.4, -0.2) is 74.2 Å². The molecule has 17 heavy (non-hydrogen) atoms. The lowest BCUT2D eigenvalue weighted by Crippen LogP contribution is -2.59. The van der Waals surface area contributed by atoms with Gasteiger partial charge in [0.1, 0.15) is 6.04 Å². The number of likely N-dealkylation sites (N-methyl/N-ethyl adjacent to an activating group) is 1. The molecule has 0 saturated carbocycles. The van der Waals surface area contributed by atoms with Crippen molar-refractivity contribution in [1.82, 2.24) is 15.1 Å². The molecule has 5 heteroatoms. The van der Waals surface area contributed by atoms with Crippen LogP contribution in [-0.2, 0) is 9.53 Å². The van der Waals surface area contributed by atoms with Gasteiger partial charge in [-0.3, -0.25) is 9.69 Å². The van der Waals surface area contributed by atoms with E-state index < -0.39 is 0 Å². The van der Waals surface area contributed by atoms with Crippen LogP contribution in [0.2, 0.25) is 0 Å². The number of morpholine rings is 1. The Bertz CT molecular complexity index is 266. The molecule has 2 aliphatic rings. The molecule has 5 nitrogen and oxygen atoms in total. The number of hydrogen-bond acceptors (Lipinski definition) is 4. The first-order chi connectivity index (χ1) is 8.22. The number of carbonyl (C=O) groups excluding carboxylic acids is 1. The summed E-state index contributed by atoms with van der Waals surface area (Å²) in [5.74, 6) is 0.205. The van der Waals surface area contributed by atoms with E-state index >= 15 is 0 Å². The SMILES string of the molecule is CCC1CN(C(=O)C2COCCN2)CCN1C. The zero-order chi connectivity index (χ0) is 12.3. The summed E-state index contributed by atoms with van der Waals surface area (Å²) in [6.07, 6.45) is 1.09. The van der Waals surface area contributed by atoms with E-state index in [-0.39, 0.29) is 11.9 Å². The standard InChI is InChI=1S/C12H23N3O2/c1-3-10-8-15(6-5-14(10)2)12(16)11-9-17-7-4-13-11/h10-11,13H,3-9H2,1-2H3. The quantitative estimate of drug-likeness (QED) is 0.710. The Morgan fingerprint density at radius 2 is 2.29 bits per heavy atom. The van der Waals surface area contributed by atoms with Gasteiger partial charge in [-0.1, -0.05) is 6.92 Å². The van der Waals surface area contributed by atoms with Gasteiger partial charge in [0.05, 0.1) is 13.2 Å². The maximum Gasteiger partial charge on any atom is 0.242 e. The van der Waals surface area contributed by atoms with Crippen molar-refractivity contribution in [3.63, 3.8) is 0 Å². The molecule has 0 aromatic heterocycles. The number of carbonyl (C=O) groups is 1. The minimum absolute atomic E-state index is 0.135. The molecule has 1 amide bonds. The Balaban J connectivity index is 1.90. The summed E-state index contributed by atoms with van der Waals surface area (Å²) < 4.78 is 5.35. The predicted octanol–water partition coefficient (Wildman–Crippen LogP) is -0.473. The summed E-state index contributed by atoms with van der Waals surface area (Å²) >= 11 is 0. The Morgan fingerprint density at radius 1 is 1.47 bits per heavy atom. The summed E-state index contributed by atoms with van der Waals surface area (Å²) in [7, 11) is 2.14. The van der Waals surface area contributed by atoms with Crippen molar-refractivity contribution < 1.29 is 9.53 Å². The molecule has 0 aromatic carbocycles. The van der Waals surface area contributed by atoms with E-state index in [4.69, 9.17) is 4.74 Å². The number of hydrogen-bond donors (Lipinski definition) is 1. The largest absolute Gasteiger partial charge is 0.378 e. The number of piperazine rings is 1. The minimum Gasteiger partial charge on any atom is -0.378 e. The van der Waals surface area contributed by atoms with Gasteiger partial charge in [-0.15, -0.1) is 0 Å².